The lowest BCUT2D eigenvalue weighted by Gasteiger charge is -2.15. The third kappa shape index (κ3) is 3.08. The molecule has 0 aliphatic heterocycles. The van der Waals surface area contributed by atoms with Crippen LogP contribution >= 0.6 is 0 Å². The van der Waals surface area contributed by atoms with Gasteiger partial charge in [-0.3, -0.25) is 0 Å². The molecule has 0 unspecified atom stereocenters. The van der Waals surface area contributed by atoms with E-state index >= 15 is 0 Å². The number of aromatic nitrogens is 1. The molecule has 5 heteroatoms. The quantitative estimate of drug-likeness (QED) is 0.596. The zero-order chi connectivity index (χ0) is 16.2. The molecule has 0 saturated heterocycles. The standard InChI is InChI=1S/C18H17N3O2/c1-21(2)17(19-14-11-7-4-8-12-14)15-16(20-23-18(15)22)13-9-5-3-6-10-13/h3-12,20H,1-2H3. The van der Waals surface area contributed by atoms with Crippen molar-refractivity contribution in [3.8, 4) is 11.3 Å². The highest BCUT2D eigenvalue weighted by Gasteiger charge is 2.21. The van der Waals surface area contributed by atoms with Crippen molar-refractivity contribution in [2.45, 2.75) is 0 Å². The number of aromatic amines is 1. The lowest BCUT2D eigenvalue weighted by atomic mass is 10.1. The number of nitrogens with zero attached hydrogens (tertiary/aromatic N) is 2. The molecule has 1 N–H and O–H groups in total. The lowest BCUT2D eigenvalue weighted by Crippen LogP contribution is -2.27. The van der Waals surface area contributed by atoms with Gasteiger partial charge in [0.2, 0.25) is 0 Å². The molecule has 0 atom stereocenters. The van der Waals surface area contributed by atoms with Crippen LogP contribution in [0.1, 0.15) is 5.56 Å². The Hall–Kier alpha value is -3.08. The van der Waals surface area contributed by atoms with E-state index in [1.165, 1.54) is 0 Å². The van der Waals surface area contributed by atoms with Gasteiger partial charge in [-0.15, -0.1) is 0 Å². The molecule has 3 aromatic rings. The molecule has 0 aliphatic carbocycles. The minimum absolute atomic E-state index is 0.421. The second-order valence-corrected chi connectivity index (χ2v) is 5.27. The predicted molar refractivity (Wildman–Crippen MR) is 91.1 cm³/mol. The van der Waals surface area contributed by atoms with E-state index in [1.54, 1.807) is 4.90 Å². The number of amidine groups is 1. The van der Waals surface area contributed by atoms with Crippen molar-refractivity contribution >= 4 is 11.5 Å². The van der Waals surface area contributed by atoms with E-state index in [9.17, 15) is 4.79 Å². The van der Waals surface area contributed by atoms with Gasteiger partial charge in [0.15, 0.2) is 0 Å². The third-order valence-corrected chi connectivity index (χ3v) is 3.40. The summed E-state index contributed by atoms with van der Waals surface area (Å²) < 4.78 is 5.03. The molecule has 0 spiro atoms. The first kappa shape index (κ1) is 14.8. The first-order valence-electron chi connectivity index (χ1n) is 7.25. The number of nitrogens with one attached hydrogen (secondary N) is 1. The highest BCUT2D eigenvalue weighted by atomic mass is 16.5. The highest BCUT2D eigenvalue weighted by molar-refractivity contribution is 6.04. The SMILES string of the molecule is CN(C)C(=Nc1ccccc1)c1c(-c2ccccc2)[nH]oc1=O. The van der Waals surface area contributed by atoms with E-state index in [1.807, 2.05) is 74.8 Å². The van der Waals surface area contributed by atoms with Gasteiger partial charge in [-0.2, -0.15) is 0 Å². The van der Waals surface area contributed by atoms with Gasteiger partial charge < -0.3 is 9.42 Å². The fourth-order valence-electron chi connectivity index (χ4n) is 2.32. The molecule has 0 bridgehead atoms. The van der Waals surface area contributed by atoms with Crippen LogP contribution in [0.5, 0.6) is 0 Å². The molecule has 2 aromatic carbocycles. The number of rotatable bonds is 3. The van der Waals surface area contributed by atoms with E-state index in [0.717, 1.165) is 11.3 Å². The maximum atomic E-state index is 12.2. The van der Waals surface area contributed by atoms with Gasteiger partial charge >= 0.3 is 5.63 Å². The van der Waals surface area contributed by atoms with Crippen molar-refractivity contribution in [2.24, 2.45) is 4.99 Å². The van der Waals surface area contributed by atoms with E-state index < -0.39 is 5.63 Å². The summed E-state index contributed by atoms with van der Waals surface area (Å²) in [6.07, 6.45) is 0. The van der Waals surface area contributed by atoms with Crippen LogP contribution < -0.4 is 5.63 Å². The van der Waals surface area contributed by atoms with Crippen LogP contribution in [0.2, 0.25) is 0 Å². The largest absolute Gasteiger partial charge is 0.368 e. The molecule has 0 fully saturated rings. The first-order valence-corrected chi connectivity index (χ1v) is 7.25. The molecule has 116 valence electrons. The molecule has 1 heterocycles. The van der Waals surface area contributed by atoms with Gasteiger partial charge in [-0.25, -0.2) is 14.9 Å². The molecular formula is C18H17N3O2. The summed E-state index contributed by atoms with van der Waals surface area (Å²) in [7, 11) is 3.70. The number of H-pyrrole nitrogens is 1. The summed E-state index contributed by atoms with van der Waals surface area (Å²) in [5.41, 5.74) is 2.25. The van der Waals surface area contributed by atoms with Crippen molar-refractivity contribution < 1.29 is 4.52 Å². The predicted octanol–water partition coefficient (Wildman–Crippen LogP) is 3.27. The van der Waals surface area contributed by atoms with Crippen molar-refractivity contribution in [1.29, 1.82) is 0 Å². The fourth-order valence-corrected chi connectivity index (χ4v) is 2.32. The van der Waals surface area contributed by atoms with Gasteiger partial charge in [0.1, 0.15) is 11.4 Å². The molecule has 1 aromatic heterocycles. The zero-order valence-electron chi connectivity index (χ0n) is 13.0. The molecular weight excluding hydrogens is 290 g/mol. The van der Waals surface area contributed by atoms with Crippen LogP contribution in [0, 0.1) is 0 Å². The van der Waals surface area contributed by atoms with E-state index in [4.69, 9.17) is 4.52 Å². The molecule has 0 saturated carbocycles. The molecule has 23 heavy (non-hydrogen) atoms. The number of para-hydroxylation sites is 1. The Kier molecular flexibility index (Phi) is 4.10. The average molecular weight is 307 g/mol. The van der Waals surface area contributed by atoms with E-state index in [2.05, 4.69) is 10.1 Å². The first-order chi connectivity index (χ1) is 11.2. The van der Waals surface area contributed by atoms with Crippen molar-refractivity contribution in [1.82, 2.24) is 10.1 Å². The van der Waals surface area contributed by atoms with Crippen LogP contribution in [0.25, 0.3) is 11.3 Å². The van der Waals surface area contributed by atoms with Gasteiger partial charge in [0, 0.05) is 19.7 Å². The number of hydrogen-bond acceptors (Lipinski definition) is 3. The molecule has 0 amide bonds. The Bertz CT molecular complexity index is 862. The van der Waals surface area contributed by atoms with Crippen LogP contribution in [0.3, 0.4) is 0 Å². The molecule has 3 rings (SSSR count). The summed E-state index contributed by atoms with van der Waals surface area (Å²) in [5, 5.41) is 2.72. The summed E-state index contributed by atoms with van der Waals surface area (Å²) in [5.74, 6) is 0.546. The van der Waals surface area contributed by atoms with Crippen molar-refractivity contribution in [2.75, 3.05) is 14.1 Å². The second kappa shape index (κ2) is 6.36. The monoisotopic (exact) mass is 307 g/mol. The smallest absolute Gasteiger partial charge is 0.362 e. The molecule has 0 aliphatic rings. The number of aliphatic imine (C=N–C) groups is 1. The van der Waals surface area contributed by atoms with Crippen LogP contribution in [-0.4, -0.2) is 30.0 Å². The second-order valence-electron chi connectivity index (χ2n) is 5.27. The highest BCUT2D eigenvalue weighted by Crippen LogP contribution is 2.22. The van der Waals surface area contributed by atoms with Gasteiger partial charge in [-0.05, 0) is 12.1 Å². The average Bonchev–Trinajstić information content (AvgIpc) is 2.95. The Morgan fingerprint density at radius 2 is 1.61 bits per heavy atom. The normalized spacial score (nSPS) is 11.5. The Balaban J connectivity index is 2.17. The van der Waals surface area contributed by atoms with Gasteiger partial charge in [0.05, 0.1) is 11.4 Å². The van der Waals surface area contributed by atoms with Gasteiger partial charge in [0.25, 0.3) is 0 Å². The van der Waals surface area contributed by atoms with Crippen LogP contribution in [0.4, 0.5) is 5.69 Å². The van der Waals surface area contributed by atoms with Crippen LogP contribution in [-0.2, 0) is 0 Å². The maximum absolute atomic E-state index is 12.2. The molecule has 0 radical (unpaired) electrons. The summed E-state index contributed by atoms with van der Waals surface area (Å²) in [6.45, 7) is 0. The minimum atomic E-state index is -0.438. The summed E-state index contributed by atoms with van der Waals surface area (Å²) in [6, 6.07) is 19.1. The van der Waals surface area contributed by atoms with E-state index in [-0.39, 0.29) is 0 Å². The number of benzene rings is 2. The Morgan fingerprint density at radius 1 is 1.00 bits per heavy atom. The summed E-state index contributed by atoms with van der Waals surface area (Å²) >= 11 is 0. The third-order valence-electron chi connectivity index (χ3n) is 3.40. The maximum Gasteiger partial charge on any atom is 0.368 e. The zero-order valence-corrected chi connectivity index (χ0v) is 13.0. The van der Waals surface area contributed by atoms with Gasteiger partial charge in [-0.1, -0.05) is 48.5 Å². The van der Waals surface area contributed by atoms with Crippen LogP contribution in [0.15, 0.2) is 75.0 Å². The fraction of sp³-hybridized carbons (Fsp3) is 0.111. The Labute approximate surface area is 133 Å². The van der Waals surface area contributed by atoms with Crippen molar-refractivity contribution in [3.63, 3.8) is 0 Å². The summed E-state index contributed by atoms with van der Waals surface area (Å²) in [4.78, 5) is 18.7. The number of hydrogen-bond donors (Lipinski definition) is 1. The van der Waals surface area contributed by atoms with Crippen molar-refractivity contribution in [3.05, 3.63) is 76.6 Å². The topological polar surface area (TPSA) is 61.6 Å². The lowest BCUT2D eigenvalue weighted by molar-refractivity contribution is 0.393. The Morgan fingerprint density at radius 3 is 2.22 bits per heavy atom. The molecule has 5 nitrogen and oxygen atoms in total. The van der Waals surface area contributed by atoms with E-state index in [0.29, 0.717) is 17.1 Å². The minimum Gasteiger partial charge on any atom is -0.362 e.